The van der Waals surface area contributed by atoms with Gasteiger partial charge in [0.1, 0.15) is 16.3 Å². The molecule has 0 aromatic heterocycles. The van der Waals surface area contributed by atoms with E-state index < -0.39 is 10.0 Å². The predicted molar refractivity (Wildman–Crippen MR) is 127 cm³/mol. The smallest absolute Gasteiger partial charge is 0.287 e. The van der Waals surface area contributed by atoms with Gasteiger partial charge in [-0.15, -0.1) is 4.40 Å². The molecule has 4 aromatic carbocycles. The zero-order valence-electron chi connectivity index (χ0n) is 16.7. The number of hydrogen-bond donors (Lipinski definition) is 2. The van der Waals surface area contributed by atoms with Gasteiger partial charge in [0.2, 0.25) is 5.96 Å². The summed E-state index contributed by atoms with van der Waals surface area (Å²) in [5.74, 6) is 0.884. The molecule has 0 saturated carbocycles. The minimum Gasteiger partial charge on any atom is -0.454 e. The van der Waals surface area contributed by atoms with Crippen LogP contribution in [0, 0.1) is 0 Å². The molecule has 0 bridgehead atoms. The van der Waals surface area contributed by atoms with E-state index in [0.717, 1.165) is 16.3 Å². The topological polar surface area (TPSA) is 79.8 Å². The van der Waals surface area contributed by atoms with Crippen LogP contribution in [0.15, 0.2) is 94.2 Å². The minimum absolute atomic E-state index is 0.0401. The molecule has 1 heterocycles. The third-order valence-corrected chi connectivity index (χ3v) is 6.68. The number of nitrogens with one attached hydrogen (secondary N) is 2. The van der Waals surface area contributed by atoms with E-state index in [-0.39, 0.29) is 10.9 Å². The predicted octanol–water partition coefficient (Wildman–Crippen LogP) is 5.55. The highest BCUT2D eigenvalue weighted by atomic mass is 35.5. The Morgan fingerprint density at radius 3 is 2.47 bits per heavy atom. The molecule has 0 amide bonds. The Morgan fingerprint density at radius 2 is 1.62 bits per heavy atom. The van der Waals surface area contributed by atoms with Crippen molar-refractivity contribution in [2.24, 2.45) is 4.40 Å². The van der Waals surface area contributed by atoms with Crippen molar-refractivity contribution < 1.29 is 13.2 Å². The third kappa shape index (κ3) is 4.00. The number of hydrogen-bond acceptors (Lipinski definition) is 5. The van der Waals surface area contributed by atoms with Crippen LogP contribution in [0.25, 0.3) is 10.8 Å². The van der Waals surface area contributed by atoms with Gasteiger partial charge in [0.05, 0.1) is 5.02 Å². The van der Waals surface area contributed by atoms with Crippen LogP contribution < -0.4 is 15.4 Å². The Labute approximate surface area is 190 Å². The fourth-order valence-electron chi connectivity index (χ4n) is 3.50. The number of benzene rings is 4. The largest absolute Gasteiger partial charge is 0.454 e. The summed E-state index contributed by atoms with van der Waals surface area (Å²) in [6.45, 7) is 0.398. The van der Waals surface area contributed by atoms with Gasteiger partial charge in [0, 0.05) is 6.54 Å². The molecule has 0 unspecified atom stereocenters. The van der Waals surface area contributed by atoms with E-state index in [1.807, 2.05) is 36.4 Å². The van der Waals surface area contributed by atoms with Crippen molar-refractivity contribution in [3.05, 3.63) is 95.5 Å². The van der Waals surface area contributed by atoms with Gasteiger partial charge in [-0.25, -0.2) is 0 Å². The molecule has 0 saturated heterocycles. The first kappa shape index (κ1) is 20.4. The minimum atomic E-state index is -3.91. The summed E-state index contributed by atoms with van der Waals surface area (Å²) in [4.78, 5) is 0.0401. The highest BCUT2D eigenvalue weighted by Gasteiger charge is 2.28. The second-order valence-electron chi connectivity index (χ2n) is 7.24. The lowest BCUT2D eigenvalue weighted by atomic mass is 10.1. The first-order valence-electron chi connectivity index (χ1n) is 9.88. The number of para-hydroxylation sites is 2. The molecule has 160 valence electrons. The third-order valence-electron chi connectivity index (χ3n) is 5.05. The Hall–Kier alpha value is -3.55. The molecule has 4 aromatic rings. The fourth-order valence-corrected chi connectivity index (χ4v) is 4.79. The average molecular weight is 464 g/mol. The maximum Gasteiger partial charge on any atom is 0.287 e. The van der Waals surface area contributed by atoms with Crippen molar-refractivity contribution in [2.75, 3.05) is 5.32 Å². The Bertz CT molecular complexity index is 1470. The van der Waals surface area contributed by atoms with Crippen molar-refractivity contribution in [2.45, 2.75) is 11.4 Å². The molecule has 0 spiro atoms. The maximum atomic E-state index is 12.8. The van der Waals surface area contributed by atoms with Gasteiger partial charge in [-0.1, -0.05) is 66.2 Å². The second kappa shape index (κ2) is 8.18. The standard InChI is InChI=1S/C24H18ClN3O3S/c25-19-8-3-4-9-20(19)31-21-10-5-11-22-23(21)27-24(28-32(22,29)30)26-15-16-12-13-17-6-1-2-7-18(17)14-16/h1-14H,15H2,(H2,26,27,28). The van der Waals surface area contributed by atoms with Gasteiger partial charge < -0.3 is 15.4 Å². The number of anilines is 1. The SMILES string of the molecule is O=S1(=O)N=C(NCc2ccc3ccccc3c2)Nc2c(Oc3ccccc3Cl)cccc21. The monoisotopic (exact) mass is 463 g/mol. The van der Waals surface area contributed by atoms with Gasteiger partial charge in [0.25, 0.3) is 10.0 Å². The van der Waals surface area contributed by atoms with Crippen molar-refractivity contribution in [1.29, 1.82) is 0 Å². The molecule has 1 aliphatic heterocycles. The van der Waals surface area contributed by atoms with Crippen LogP contribution in [-0.2, 0) is 16.6 Å². The molecule has 0 atom stereocenters. The van der Waals surface area contributed by atoms with Gasteiger partial charge >= 0.3 is 0 Å². The van der Waals surface area contributed by atoms with Crippen LogP contribution in [0.4, 0.5) is 5.69 Å². The number of ether oxygens (including phenoxy) is 1. The van der Waals surface area contributed by atoms with Gasteiger partial charge in [-0.2, -0.15) is 8.42 Å². The van der Waals surface area contributed by atoms with E-state index in [0.29, 0.717) is 28.8 Å². The first-order chi connectivity index (χ1) is 15.5. The number of fused-ring (bicyclic) bond motifs is 2. The molecule has 1 aliphatic rings. The summed E-state index contributed by atoms with van der Waals surface area (Å²) in [7, 11) is -3.91. The Morgan fingerprint density at radius 1 is 0.875 bits per heavy atom. The lowest BCUT2D eigenvalue weighted by Gasteiger charge is -2.22. The molecule has 2 N–H and O–H groups in total. The molecule has 8 heteroatoms. The molecule has 0 fully saturated rings. The molecule has 32 heavy (non-hydrogen) atoms. The Balaban J connectivity index is 1.41. The van der Waals surface area contributed by atoms with Crippen molar-refractivity contribution in [3.8, 4) is 11.5 Å². The normalized spacial score (nSPS) is 14.2. The van der Waals surface area contributed by atoms with E-state index in [4.69, 9.17) is 16.3 Å². The first-order valence-corrected chi connectivity index (χ1v) is 11.7. The summed E-state index contributed by atoms with van der Waals surface area (Å²) in [5, 5.41) is 8.81. The van der Waals surface area contributed by atoms with Crippen LogP contribution in [0.1, 0.15) is 5.56 Å². The van der Waals surface area contributed by atoms with Crippen molar-refractivity contribution in [1.82, 2.24) is 5.32 Å². The highest BCUT2D eigenvalue weighted by molar-refractivity contribution is 7.90. The number of rotatable bonds is 4. The van der Waals surface area contributed by atoms with E-state index in [9.17, 15) is 8.42 Å². The molecule has 5 rings (SSSR count). The van der Waals surface area contributed by atoms with E-state index >= 15 is 0 Å². The molecule has 0 radical (unpaired) electrons. The van der Waals surface area contributed by atoms with Gasteiger partial charge in [-0.05, 0) is 46.7 Å². The van der Waals surface area contributed by atoms with Crippen LogP contribution in [-0.4, -0.2) is 14.4 Å². The lowest BCUT2D eigenvalue weighted by molar-refractivity contribution is 0.483. The van der Waals surface area contributed by atoms with Crippen molar-refractivity contribution >= 4 is 44.0 Å². The zero-order valence-corrected chi connectivity index (χ0v) is 18.3. The molecular formula is C24H18ClN3O3S. The number of nitrogens with zero attached hydrogens (tertiary/aromatic N) is 1. The summed E-state index contributed by atoms with van der Waals surface area (Å²) in [6.07, 6.45) is 0. The number of sulfonamides is 1. The van der Waals surface area contributed by atoms with Crippen molar-refractivity contribution in [3.63, 3.8) is 0 Å². The quantitative estimate of drug-likeness (QED) is 0.415. The summed E-state index contributed by atoms with van der Waals surface area (Å²) in [6, 6.07) is 25.9. The van der Waals surface area contributed by atoms with Crippen LogP contribution in [0.3, 0.4) is 0 Å². The fraction of sp³-hybridized carbons (Fsp3) is 0.0417. The number of halogens is 1. The maximum absolute atomic E-state index is 12.8. The van der Waals surface area contributed by atoms with Crippen LogP contribution in [0.2, 0.25) is 5.02 Å². The summed E-state index contributed by atoms with van der Waals surface area (Å²) in [5.41, 5.74) is 1.31. The van der Waals surface area contributed by atoms with Crippen LogP contribution in [0.5, 0.6) is 11.5 Å². The lowest BCUT2D eigenvalue weighted by Crippen LogP contribution is -2.34. The van der Waals surface area contributed by atoms with E-state index in [1.54, 1.807) is 36.4 Å². The number of guanidine groups is 1. The second-order valence-corrected chi connectivity index (χ2v) is 9.22. The summed E-state index contributed by atoms with van der Waals surface area (Å²) >= 11 is 6.20. The summed E-state index contributed by atoms with van der Waals surface area (Å²) < 4.78 is 35.4. The van der Waals surface area contributed by atoms with Gasteiger partial charge in [0.15, 0.2) is 5.75 Å². The van der Waals surface area contributed by atoms with E-state index in [1.165, 1.54) is 6.07 Å². The van der Waals surface area contributed by atoms with Gasteiger partial charge in [-0.3, -0.25) is 0 Å². The van der Waals surface area contributed by atoms with Crippen LogP contribution >= 0.6 is 11.6 Å². The molecule has 0 aliphatic carbocycles. The molecule has 6 nitrogen and oxygen atoms in total. The molecular weight excluding hydrogens is 446 g/mol. The zero-order chi connectivity index (χ0) is 22.1. The average Bonchev–Trinajstić information content (AvgIpc) is 2.79. The highest BCUT2D eigenvalue weighted by Crippen LogP contribution is 2.39. The Kier molecular flexibility index (Phi) is 5.20. The van der Waals surface area contributed by atoms with E-state index in [2.05, 4.69) is 21.1 Å².